The van der Waals surface area contributed by atoms with Gasteiger partial charge in [-0.25, -0.2) is 0 Å². The second-order valence-electron chi connectivity index (χ2n) is 29.3. The first kappa shape index (κ1) is 112. The minimum Gasteiger partial charge on any atom is -0.512 e. The summed E-state index contributed by atoms with van der Waals surface area (Å²) in [6.45, 7) is 16.3. The van der Waals surface area contributed by atoms with E-state index >= 15 is 0 Å². The van der Waals surface area contributed by atoms with Crippen molar-refractivity contribution in [2.24, 2.45) is 0 Å². The van der Waals surface area contributed by atoms with Gasteiger partial charge in [0.1, 0.15) is 0 Å². The summed E-state index contributed by atoms with van der Waals surface area (Å²) in [5.41, 5.74) is 16.5. The number of aryl methyl sites for hydroxylation is 1. The van der Waals surface area contributed by atoms with Crippen LogP contribution in [0, 0.1) is 37.3 Å². The number of aromatic nitrogens is 5. The summed E-state index contributed by atoms with van der Waals surface area (Å²) in [5, 5.41) is 54.9. The molecule has 133 heavy (non-hydrogen) atoms. The number of fused-ring (bicyclic) bond motifs is 9. The first-order valence-corrected chi connectivity index (χ1v) is 41.0. The molecule has 20 heteroatoms. The normalized spacial score (nSPS) is 10.6. The average molecular weight is 2650 g/mol. The fourth-order valence-electron chi connectivity index (χ4n) is 13.0. The number of hydrogen-bond acceptors (Lipinski definition) is 15. The van der Waals surface area contributed by atoms with E-state index in [9.17, 15) is 24.0 Å². The van der Waals surface area contributed by atoms with Crippen molar-refractivity contribution in [2.45, 2.75) is 76.2 Å². The molecule has 5 aromatic heterocycles. The van der Waals surface area contributed by atoms with Gasteiger partial charge in [-0.2, -0.15) is 0 Å². The van der Waals surface area contributed by atoms with Gasteiger partial charge in [-0.05, 0) is 167 Å². The van der Waals surface area contributed by atoms with Gasteiger partial charge in [-0.1, -0.05) is 223 Å². The molecule has 5 N–H and O–H groups in total. The Labute approximate surface area is 844 Å². The van der Waals surface area contributed by atoms with Crippen LogP contribution in [0.5, 0.6) is 0 Å². The molecule has 0 saturated heterocycles. The molecule has 13 aromatic carbocycles. The predicted molar refractivity (Wildman–Crippen MR) is 523 cm³/mol. The Kier molecular flexibility index (Phi) is 49.6. The van der Waals surface area contributed by atoms with Crippen molar-refractivity contribution in [1.82, 2.24) is 24.9 Å². The number of nitrogens with zero attached hydrogens (tertiary/aromatic N) is 5. The molecule has 0 atom stereocenters. The van der Waals surface area contributed by atoms with Crippen molar-refractivity contribution >= 4 is 116 Å². The minimum atomic E-state index is -0.125. The van der Waals surface area contributed by atoms with E-state index in [2.05, 4.69) is 206 Å². The quantitative estimate of drug-likeness (QED) is 0.0369. The molecular formula is C113H98Ir5N5O10-5. The zero-order valence-electron chi connectivity index (χ0n) is 74.8. The van der Waals surface area contributed by atoms with Crippen LogP contribution in [0.15, 0.2) is 393 Å². The summed E-state index contributed by atoms with van der Waals surface area (Å²) in [5.74, 6) is -0.312. The second-order valence-corrected chi connectivity index (χ2v) is 29.3. The molecule has 18 aromatic rings. The van der Waals surface area contributed by atoms with E-state index in [1.165, 1.54) is 154 Å². The van der Waals surface area contributed by atoms with Gasteiger partial charge in [-0.15, -0.1) is 166 Å². The van der Waals surface area contributed by atoms with Gasteiger partial charge in [-0.3, -0.25) is 48.9 Å². The summed E-state index contributed by atoms with van der Waals surface area (Å²) >= 11 is 0. The molecule has 0 amide bonds. The molecule has 0 spiro atoms. The molecule has 0 aliphatic carbocycles. The maximum atomic E-state index is 10.0. The number of aliphatic hydroxyl groups excluding tert-OH is 5. The molecule has 0 saturated carbocycles. The molecule has 0 unspecified atom stereocenters. The van der Waals surface area contributed by atoms with Crippen LogP contribution in [0.3, 0.4) is 0 Å². The maximum absolute atomic E-state index is 10.0. The third-order valence-electron chi connectivity index (χ3n) is 18.2. The van der Waals surface area contributed by atoms with Gasteiger partial charge in [0, 0.05) is 136 Å². The van der Waals surface area contributed by atoms with E-state index in [0.717, 1.165) is 94.6 Å². The van der Waals surface area contributed by atoms with Crippen molar-refractivity contribution < 1.29 is 150 Å². The number of ketones is 5. The van der Waals surface area contributed by atoms with Crippen LogP contribution in [0.4, 0.5) is 0 Å². The van der Waals surface area contributed by atoms with E-state index < -0.39 is 0 Å². The Morgan fingerprint density at radius 3 is 0.970 bits per heavy atom. The Bertz CT molecular complexity index is 6760. The van der Waals surface area contributed by atoms with E-state index in [1.807, 2.05) is 170 Å². The molecule has 0 bridgehead atoms. The molecule has 5 radical (unpaired) electrons. The molecule has 0 fully saturated rings. The molecule has 15 nitrogen and oxygen atoms in total. The first-order chi connectivity index (χ1) is 61.7. The number of pyridine rings is 5. The molecule has 18 rings (SSSR count). The van der Waals surface area contributed by atoms with E-state index in [4.69, 9.17) is 45.5 Å². The van der Waals surface area contributed by atoms with E-state index in [1.54, 1.807) is 0 Å². The number of allylic oxidation sites excluding steroid dienone is 10. The van der Waals surface area contributed by atoms with Crippen molar-refractivity contribution in [1.29, 1.82) is 0 Å². The van der Waals surface area contributed by atoms with Crippen molar-refractivity contribution in [3.8, 4) is 56.3 Å². The standard InChI is InChI=1S/3C19H12N.C16H12N.C15H10N.5C5H8O2.5Ir/c1-3-9-16-14(6-1)8-5-10-17(16)19-13-12-15-7-2-4-11-18(15)20-19;1-2-7-16-13-17(10-9-14(16)5-1)19-12-11-15-6-3-4-8-18(15)20-19;1-2-8-14(9-3-1)19-17-12-5-4-10-15(17)16-11-6-7-13-18(16)20-19;1-12-11-14-9-5-6-10-15(14)17-16(12)13-7-3-2-4-8-13;1-2-6-12(7-3-1)15-11-10-13-8-4-5-9-14(13)16-15;5*1-4(6)3-5(2)7;;;;;/h2*1-9,11-13H;1-8,10-13H;2-7,9-11H,1H3;1-6,8-11H;5*3,6H,1-2H3;;;;;/q5*-1;;;;;;;;;;. The van der Waals surface area contributed by atoms with Gasteiger partial charge in [0.25, 0.3) is 0 Å². The summed E-state index contributed by atoms with van der Waals surface area (Å²) in [6, 6.07) is 129. The number of benzene rings is 13. The van der Waals surface area contributed by atoms with Gasteiger partial charge in [0.2, 0.25) is 0 Å². The van der Waals surface area contributed by atoms with Crippen LogP contribution in [-0.2, 0) is 124 Å². The van der Waals surface area contributed by atoms with Gasteiger partial charge < -0.3 is 25.5 Å². The minimum absolute atomic E-state index is 0. The number of aliphatic hydroxyl groups is 5. The van der Waals surface area contributed by atoms with E-state index in [0.29, 0.717) is 0 Å². The maximum Gasteiger partial charge on any atom is 0.155 e. The number of carbonyl (C=O) groups is 5. The van der Waals surface area contributed by atoms with Crippen LogP contribution in [0.2, 0.25) is 0 Å². The molecule has 5 heterocycles. The fourth-order valence-corrected chi connectivity index (χ4v) is 13.0. The molecule has 685 valence electrons. The van der Waals surface area contributed by atoms with Crippen molar-refractivity contribution in [3.63, 3.8) is 0 Å². The number of carbonyl (C=O) groups excluding carboxylic acids is 5. The van der Waals surface area contributed by atoms with Crippen molar-refractivity contribution in [2.75, 3.05) is 0 Å². The van der Waals surface area contributed by atoms with E-state index in [-0.39, 0.29) is 158 Å². The summed E-state index contributed by atoms with van der Waals surface area (Å²) in [4.78, 5) is 73.7. The second kappa shape index (κ2) is 58.7. The fraction of sp³-hybridized carbons (Fsp3) is 0.0973. The zero-order valence-corrected chi connectivity index (χ0v) is 86.8. The van der Waals surface area contributed by atoms with Crippen molar-refractivity contribution in [3.05, 3.63) is 429 Å². The van der Waals surface area contributed by atoms with Gasteiger partial charge in [0.05, 0.1) is 56.4 Å². The summed E-state index contributed by atoms with van der Waals surface area (Å²) < 4.78 is 0. The Morgan fingerprint density at radius 2 is 0.556 bits per heavy atom. The predicted octanol–water partition coefficient (Wildman–Crippen LogP) is 27.5. The van der Waals surface area contributed by atoms with Gasteiger partial charge >= 0.3 is 0 Å². The SMILES string of the molecule is CC(=O)C=C(C)O.CC(=O)C=C(C)O.CC(=O)C=C(C)O.CC(=O)C=C(C)O.CC(=O)C=C(C)O.Cc1cc2ccccc2nc1-c1[c-]cccc1.[Ir].[Ir].[Ir].[Ir].[Ir].[c-]1cc2ccccc2cc1-c1ccc2ccccc2n1.[c-]1ccc2ccccc2c1-c1ccc2ccccc2n1.[c-]1ccccc1-c1ccc2ccccc2n1.[c-]1ccccc1-c1nc2ccccc2c2ccccc12. The number of hydrogen-bond donors (Lipinski definition) is 5. The molecular weight excluding hydrogens is 2550 g/mol. The third kappa shape index (κ3) is 37.3. The summed E-state index contributed by atoms with van der Waals surface area (Å²) in [6.07, 6.45) is 5.83. The van der Waals surface area contributed by atoms with Gasteiger partial charge in [0.15, 0.2) is 28.9 Å². The number of rotatable bonds is 10. The summed E-state index contributed by atoms with van der Waals surface area (Å²) in [7, 11) is 0. The van der Waals surface area contributed by atoms with Crippen LogP contribution in [0.1, 0.15) is 74.8 Å². The Hall–Kier alpha value is -13.0. The average Bonchev–Trinajstić information content (AvgIpc) is 0.763. The molecule has 0 aliphatic heterocycles. The zero-order chi connectivity index (χ0) is 91.9. The molecule has 0 aliphatic rings. The van der Waals surface area contributed by atoms with Crippen LogP contribution in [-0.4, -0.2) is 79.4 Å². The monoisotopic (exact) mass is 2650 g/mol. The Morgan fingerprint density at radius 1 is 0.241 bits per heavy atom. The smallest absolute Gasteiger partial charge is 0.155 e. The number of para-hydroxylation sites is 5. The Balaban J connectivity index is 0.000000317. The first-order valence-electron chi connectivity index (χ1n) is 41.0. The largest absolute Gasteiger partial charge is 0.512 e. The third-order valence-corrected chi connectivity index (χ3v) is 18.2. The van der Waals surface area contributed by atoms with Crippen LogP contribution < -0.4 is 0 Å². The topological polar surface area (TPSA) is 251 Å². The van der Waals surface area contributed by atoms with Crippen LogP contribution in [0.25, 0.3) is 143 Å². The van der Waals surface area contributed by atoms with Crippen LogP contribution >= 0.6 is 0 Å².